The van der Waals surface area contributed by atoms with E-state index in [1.54, 1.807) is 11.3 Å². The van der Waals surface area contributed by atoms with E-state index in [1.165, 1.54) is 5.56 Å². The Hall–Kier alpha value is -1.85. The van der Waals surface area contributed by atoms with Crippen molar-refractivity contribution in [3.05, 3.63) is 57.8 Å². The number of ketones is 1. The van der Waals surface area contributed by atoms with E-state index >= 15 is 0 Å². The van der Waals surface area contributed by atoms with E-state index in [0.29, 0.717) is 5.56 Å². The number of Topliss-reactive ketones (excluding diaryl/α,β-unsaturated/α-hetero) is 1. The molecule has 2 aromatic rings. The van der Waals surface area contributed by atoms with Crippen LogP contribution in [0.25, 0.3) is 0 Å². The number of carbonyl (C=O) groups is 1. The summed E-state index contributed by atoms with van der Waals surface area (Å²) in [6.07, 6.45) is 2.17. The first-order chi connectivity index (χ1) is 8.79. The molecule has 0 N–H and O–H groups in total. The summed E-state index contributed by atoms with van der Waals surface area (Å²) >= 11 is 1.54. The van der Waals surface area contributed by atoms with Crippen molar-refractivity contribution >= 4 is 17.1 Å². The minimum absolute atomic E-state index is 0.119. The number of benzene rings is 1. The minimum atomic E-state index is -0.119. The van der Waals surface area contributed by atoms with Gasteiger partial charge in [0.05, 0.1) is 4.88 Å². The maximum absolute atomic E-state index is 11.8. The van der Waals surface area contributed by atoms with Crippen LogP contribution in [0.3, 0.4) is 0 Å². The first kappa shape index (κ1) is 12.6. The lowest BCUT2D eigenvalue weighted by Gasteiger charge is -1.98. The summed E-state index contributed by atoms with van der Waals surface area (Å²) < 4.78 is 0. The van der Waals surface area contributed by atoms with E-state index < -0.39 is 0 Å². The fourth-order valence-corrected chi connectivity index (χ4v) is 2.22. The Bertz CT molecular complexity index is 568. The molecule has 0 aliphatic rings. The number of hydrogen-bond donors (Lipinski definition) is 0. The van der Waals surface area contributed by atoms with Gasteiger partial charge in [0.1, 0.15) is 0 Å². The van der Waals surface area contributed by atoms with Gasteiger partial charge in [0, 0.05) is 5.56 Å². The molecule has 1 heterocycles. The number of hydrogen-bond acceptors (Lipinski definition) is 2. The first-order valence-corrected chi connectivity index (χ1v) is 6.86. The second-order valence-corrected chi connectivity index (χ2v) is 4.95. The first-order valence-electron chi connectivity index (χ1n) is 5.98. The Morgan fingerprint density at radius 1 is 1.22 bits per heavy atom. The number of carbonyl (C=O) groups excluding carboxylic acids is 1. The van der Waals surface area contributed by atoms with E-state index in [9.17, 15) is 4.79 Å². The summed E-state index contributed by atoms with van der Waals surface area (Å²) in [5.74, 6) is 5.44. The number of aryl methyl sites for hydroxylation is 1. The molecule has 0 saturated heterocycles. The molecule has 0 aliphatic heterocycles. The van der Waals surface area contributed by atoms with Gasteiger partial charge in [-0.1, -0.05) is 43.7 Å². The molecule has 2 rings (SSSR count). The largest absolute Gasteiger partial charge is 0.279 e. The molecule has 0 unspecified atom stereocenters. The predicted molar refractivity (Wildman–Crippen MR) is 76.0 cm³/mol. The minimum Gasteiger partial charge on any atom is -0.279 e. The Morgan fingerprint density at radius 2 is 2.00 bits per heavy atom. The highest BCUT2D eigenvalue weighted by molar-refractivity contribution is 7.10. The second-order valence-electron chi connectivity index (χ2n) is 4.00. The zero-order chi connectivity index (χ0) is 12.8. The average molecular weight is 254 g/mol. The van der Waals surface area contributed by atoms with E-state index in [2.05, 4.69) is 18.8 Å². The highest BCUT2D eigenvalue weighted by Crippen LogP contribution is 2.08. The Morgan fingerprint density at radius 3 is 2.61 bits per heavy atom. The quantitative estimate of drug-likeness (QED) is 0.599. The molecule has 1 nitrogen and oxygen atoms in total. The van der Waals surface area contributed by atoms with Crippen LogP contribution in [0, 0.1) is 11.8 Å². The standard InChI is InChI=1S/C16H14OS/c1-2-4-13-6-8-14(9-7-13)16(17)11-10-15-5-3-12-18-15/h3,5-9,12H,2,4H2,1H3. The molecule has 90 valence electrons. The number of rotatable bonds is 3. The van der Waals surface area contributed by atoms with Gasteiger partial charge < -0.3 is 0 Å². The van der Waals surface area contributed by atoms with E-state index in [4.69, 9.17) is 0 Å². The van der Waals surface area contributed by atoms with Crippen molar-refractivity contribution < 1.29 is 4.79 Å². The van der Waals surface area contributed by atoms with Crippen molar-refractivity contribution in [1.29, 1.82) is 0 Å². The highest BCUT2D eigenvalue weighted by Gasteiger charge is 2.01. The molecule has 2 heteroatoms. The summed E-state index contributed by atoms with van der Waals surface area (Å²) in [4.78, 5) is 12.8. The molecule has 0 saturated carbocycles. The fourth-order valence-electron chi connectivity index (χ4n) is 1.65. The average Bonchev–Trinajstić information content (AvgIpc) is 2.90. The number of thiophene rings is 1. The van der Waals surface area contributed by atoms with Crippen molar-refractivity contribution in [3.63, 3.8) is 0 Å². The SMILES string of the molecule is CCCc1ccc(C(=O)C#Cc2cccs2)cc1. The topological polar surface area (TPSA) is 17.1 Å². The molecule has 0 fully saturated rings. The van der Waals surface area contributed by atoms with Crippen molar-refractivity contribution in [3.8, 4) is 11.8 Å². The van der Waals surface area contributed by atoms with Gasteiger partial charge in [-0.05, 0) is 35.3 Å². The highest BCUT2D eigenvalue weighted by atomic mass is 32.1. The third-order valence-corrected chi connectivity index (χ3v) is 3.36. The lowest BCUT2D eigenvalue weighted by Crippen LogP contribution is -1.95. The normalized spacial score (nSPS) is 9.61. The third-order valence-electron chi connectivity index (χ3n) is 2.58. The van der Waals surface area contributed by atoms with Gasteiger partial charge in [-0.15, -0.1) is 11.3 Å². The molecule has 0 bridgehead atoms. The van der Waals surface area contributed by atoms with E-state index in [1.807, 2.05) is 41.8 Å². The molecular weight excluding hydrogens is 240 g/mol. The molecule has 1 aromatic carbocycles. The maximum Gasteiger partial charge on any atom is 0.236 e. The van der Waals surface area contributed by atoms with Crippen LogP contribution in [-0.2, 0) is 6.42 Å². The fraction of sp³-hybridized carbons (Fsp3) is 0.188. The lowest BCUT2D eigenvalue weighted by molar-refractivity contribution is 0.105. The van der Waals surface area contributed by atoms with E-state index in [0.717, 1.165) is 17.7 Å². The summed E-state index contributed by atoms with van der Waals surface area (Å²) in [6, 6.07) is 11.6. The molecule has 0 amide bonds. The lowest BCUT2D eigenvalue weighted by atomic mass is 10.1. The zero-order valence-electron chi connectivity index (χ0n) is 10.3. The van der Waals surface area contributed by atoms with E-state index in [-0.39, 0.29) is 5.78 Å². The predicted octanol–water partition coefficient (Wildman–Crippen LogP) is 3.94. The molecule has 18 heavy (non-hydrogen) atoms. The summed E-state index contributed by atoms with van der Waals surface area (Å²) in [5, 5.41) is 1.95. The summed E-state index contributed by atoms with van der Waals surface area (Å²) in [6.45, 7) is 2.14. The van der Waals surface area contributed by atoms with Gasteiger partial charge in [0.2, 0.25) is 5.78 Å². The van der Waals surface area contributed by atoms with Crippen LogP contribution in [-0.4, -0.2) is 5.78 Å². The second kappa shape index (κ2) is 6.18. The molecule has 0 atom stereocenters. The van der Waals surface area contributed by atoms with Crippen LogP contribution in [0.1, 0.15) is 34.1 Å². The molecule has 0 radical (unpaired) electrons. The van der Waals surface area contributed by atoms with Gasteiger partial charge in [-0.2, -0.15) is 0 Å². The zero-order valence-corrected chi connectivity index (χ0v) is 11.1. The van der Waals surface area contributed by atoms with Crippen molar-refractivity contribution in [2.75, 3.05) is 0 Å². The van der Waals surface area contributed by atoms with Crippen LogP contribution in [0.15, 0.2) is 41.8 Å². The summed E-state index contributed by atoms with van der Waals surface area (Å²) in [5.41, 5.74) is 1.93. The van der Waals surface area contributed by atoms with Gasteiger partial charge >= 0.3 is 0 Å². The van der Waals surface area contributed by atoms with Crippen LogP contribution >= 0.6 is 11.3 Å². The molecule has 0 spiro atoms. The Kier molecular flexibility index (Phi) is 4.33. The Labute approximate surface area is 111 Å². The Balaban J connectivity index is 2.09. The van der Waals surface area contributed by atoms with Crippen LogP contribution in [0.4, 0.5) is 0 Å². The maximum atomic E-state index is 11.8. The van der Waals surface area contributed by atoms with Gasteiger partial charge in [-0.25, -0.2) is 0 Å². The van der Waals surface area contributed by atoms with Gasteiger partial charge in [0.15, 0.2) is 0 Å². The van der Waals surface area contributed by atoms with Crippen LogP contribution in [0.5, 0.6) is 0 Å². The molecular formula is C16H14OS. The van der Waals surface area contributed by atoms with Crippen molar-refractivity contribution in [2.45, 2.75) is 19.8 Å². The van der Waals surface area contributed by atoms with Crippen molar-refractivity contribution in [1.82, 2.24) is 0 Å². The van der Waals surface area contributed by atoms with Gasteiger partial charge in [0.25, 0.3) is 0 Å². The molecule has 0 aliphatic carbocycles. The van der Waals surface area contributed by atoms with Crippen LogP contribution < -0.4 is 0 Å². The van der Waals surface area contributed by atoms with Crippen LogP contribution in [0.2, 0.25) is 0 Å². The van der Waals surface area contributed by atoms with Crippen molar-refractivity contribution in [2.24, 2.45) is 0 Å². The molecule has 1 aromatic heterocycles. The third kappa shape index (κ3) is 3.32. The smallest absolute Gasteiger partial charge is 0.236 e. The van der Waals surface area contributed by atoms with Gasteiger partial charge in [-0.3, -0.25) is 4.79 Å². The monoisotopic (exact) mass is 254 g/mol. The summed E-state index contributed by atoms with van der Waals surface area (Å²) in [7, 11) is 0.